The minimum absolute atomic E-state index is 0.0697. The molecule has 58 heavy (non-hydrogen) atoms. The largest absolute Gasteiger partial charge is 0.393 e. The molecule has 10 aliphatic rings. The minimum atomic E-state index is -1.60. The standard InChI is InChI=1S/C21H30O5.C21H28O5.2C3H6/c2*1-19-7-5-13(23)9-12(19)3-4-14-15-6-8-21(26,17(25)11-22)20(15,2)10-16(24)18(14)19;2*1-2-3-1/h9,14-16,18,22,24,26H,3-8,10-11H2,1-2H3;9,14-15,18,22,26H,3-8,10-11H2,1-2H3;2*1-3H2/t14?,15?,16?,18?,19-,20-,21-;14?,15?,18?,19-,20-,21-;;/m00../s1. The first-order valence-electron chi connectivity index (χ1n) is 22.8. The van der Waals surface area contributed by atoms with Crippen LogP contribution in [0.1, 0.15) is 156 Å². The van der Waals surface area contributed by atoms with Crippen molar-refractivity contribution < 1.29 is 49.5 Å². The molecule has 10 heteroatoms. The third kappa shape index (κ3) is 7.00. The van der Waals surface area contributed by atoms with Gasteiger partial charge in [0, 0.05) is 36.0 Å². The number of ketones is 5. The topological polar surface area (TPSA) is 186 Å². The van der Waals surface area contributed by atoms with Crippen molar-refractivity contribution in [1.82, 2.24) is 0 Å². The molecule has 8 fully saturated rings. The molecule has 0 aromatic rings. The molecule has 13 atom stereocenters. The number of Topliss-reactive ketones (excluding diaryl/α,β-unsaturated/α-hetero) is 3. The van der Waals surface area contributed by atoms with Gasteiger partial charge in [0.1, 0.15) is 30.2 Å². The maximum absolute atomic E-state index is 13.3. The average Bonchev–Trinajstić information content (AvgIpc) is 4.11. The highest BCUT2D eigenvalue weighted by Gasteiger charge is 2.70. The van der Waals surface area contributed by atoms with E-state index >= 15 is 0 Å². The van der Waals surface area contributed by atoms with E-state index in [-0.39, 0.29) is 70.1 Å². The molecule has 0 aliphatic heterocycles. The number of hydrogen-bond donors (Lipinski definition) is 5. The van der Waals surface area contributed by atoms with Gasteiger partial charge in [-0.2, -0.15) is 0 Å². The first kappa shape index (κ1) is 43.7. The minimum Gasteiger partial charge on any atom is -0.393 e. The van der Waals surface area contributed by atoms with Gasteiger partial charge < -0.3 is 25.5 Å². The maximum Gasteiger partial charge on any atom is 0.190 e. The predicted molar refractivity (Wildman–Crippen MR) is 217 cm³/mol. The number of carbonyl (C=O) groups is 5. The lowest BCUT2D eigenvalue weighted by Gasteiger charge is -2.60. The second-order valence-electron chi connectivity index (χ2n) is 21.1. The Morgan fingerprint density at radius 1 is 0.621 bits per heavy atom. The number of hydrogen-bond acceptors (Lipinski definition) is 10. The van der Waals surface area contributed by atoms with Crippen LogP contribution in [-0.2, 0) is 24.0 Å². The summed E-state index contributed by atoms with van der Waals surface area (Å²) in [6.07, 6.45) is 20.6. The molecule has 5 N–H and O–H groups in total. The van der Waals surface area contributed by atoms with Crippen molar-refractivity contribution in [2.24, 2.45) is 57.2 Å². The van der Waals surface area contributed by atoms with Gasteiger partial charge in [0.05, 0.1) is 6.10 Å². The normalized spacial score (nSPS) is 46.5. The van der Waals surface area contributed by atoms with E-state index in [1.54, 1.807) is 12.2 Å². The Balaban J connectivity index is 0.000000154. The summed E-state index contributed by atoms with van der Waals surface area (Å²) in [4.78, 5) is 61.8. The molecule has 0 heterocycles. The van der Waals surface area contributed by atoms with Crippen molar-refractivity contribution in [2.45, 2.75) is 173 Å². The van der Waals surface area contributed by atoms with Gasteiger partial charge in [0.15, 0.2) is 23.1 Å². The Morgan fingerprint density at radius 2 is 1.07 bits per heavy atom. The third-order valence-corrected chi connectivity index (χ3v) is 17.8. The molecule has 0 aromatic heterocycles. The van der Waals surface area contributed by atoms with E-state index in [0.29, 0.717) is 44.9 Å². The second kappa shape index (κ2) is 15.8. The SMILES string of the molecule is C1CC1.C1CC1.C[C@]12CCC(=O)C=C1CCC1C2C(=O)C[C@@]2(C)C1CC[C@]2(O)C(=O)CO.C[C@]12CCC(=O)C=C1CCC1C2C(O)C[C@@]2(C)C1CC[C@]2(O)C(=O)CO. The number of rotatable bonds is 4. The molecule has 0 spiro atoms. The fourth-order valence-electron chi connectivity index (χ4n) is 14.3. The summed E-state index contributed by atoms with van der Waals surface area (Å²) in [5.41, 5.74) is -2.78. The Morgan fingerprint density at radius 3 is 1.57 bits per heavy atom. The highest BCUT2D eigenvalue weighted by molar-refractivity contribution is 5.95. The summed E-state index contributed by atoms with van der Waals surface area (Å²) in [6, 6.07) is 0. The van der Waals surface area contributed by atoms with Crippen molar-refractivity contribution in [3.63, 3.8) is 0 Å². The number of carbonyl (C=O) groups excluding carboxylic acids is 5. The van der Waals surface area contributed by atoms with E-state index in [0.717, 1.165) is 44.1 Å². The molecule has 0 bridgehead atoms. The summed E-state index contributed by atoms with van der Waals surface area (Å²) in [5.74, 6) is -0.0325. The van der Waals surface area contributed by atoms with Crippen molar-refractivity contribution in [3.8, 4) is 0 Å². The van der Waals surface area contributed by atoms with Crippen LogP contribution in [0.5, 0.6) is 0 Å². The number of fused-ring (bicyclic) bond motifs is 10. The van der Waals surface area contributed by atoms with Crippen molar-refractivity contribution in [1.29, 1.82) is 0 Å². The molecular weight excluding hydrogens is 737 g/mol. The van der Waals surface area contributed by atoms with Crippen LogP contribution in [0, 0.1) is 57.2 Å². The van der Waals surface area contributed by atoms with Gasteiger partial charge >= 0.3 is 0 Å². The molecule has 10 aliphatic carbocycles. The summed E-state index contributed by atoms with van der Waals surface area (Å²) < 4.78 is 0. The number of aliphatic hydroxyl groups is 5. The van der Waals surface area contributed by atoms with Crippen LogP contribution >= 0.6 is 0 Å². The van der Waals surface area contributed by atoms with Gasteiger partial charge in [-0.25, -0.2) is 0 Å². The molecule has 7 unspecified atom stereocenters. The monoisotopic (exact) mass is 806 g/mol. The Kier molecular flexibility index (Phi) is 11.9. The zero-order valence-corrected chi connectivity index (χ0v) is 35.5. The van der Waals surface area contributed by atoms with Crippen LogP contribution in [-0.4, -0.2) is 85.0 Å². The molecule has 10 nitrogen and oxygen atoms in total. The Hall–Kier alpha value is -2.37. The molecule has 10 rings (SSSR count). The third-order valence-electron chi connectivity index (χ3n) is 17.8. The van der Waals surface area contributed by atoms with Gasteiger partial charge in [0.25, 0.3) is 0 Å². The second-order valence-corrected chi connectivity index (χ2v) is 21.1. The Labute approximate surface area is 344 Å². The molecule has 322 valence electrons. The summed E-state index contributed by atoms with van der Waals surface area (Å²) >= 11 is 0. The lowest BCUT2D eigenvalue weighted by atomic mass is 9.45. The lowest BCUT2D eigenvalue weighted by molar-refractivity contribution is -0.182. The van der Waals surface area contributed by atoms with E-state index in [1.165, 1.54) is 44.1 Å². The highest BCUT2D eigenvalue weighted by Crippen LogP contribution is 2.69. The Bertz CT molecular complexity index is 1730. The van der Waals surface area contributed by atoms with Gasteiger partial charge in [-0.05, 0) is 123 Å². The smallest absolute Gasteiger partial charge is 0.190 e. The molecule has 0 amide bonds. The van der Waals surface area contributed by atoms with Crippen LogP contribution < -0.4 is 0 Å². The van der Waals surface area contributed by atoms with E-state index in [9.17, 15) is 49.5 Å². The van der Waals surface area contributed by atoms with Gasteiger partial charge in [-0.3, -0.25) is 24.0 Å². The summed E-state index contributed by atoms with van der Waals surface area (Å²) in [5, 5.41) is 52.2. The van der Waals surface area contributed by atoms with Crippen molar-refractivity contribution >= 4 is 28.9 Å². The highest BCUT2D eigenvalue weighted by atomic mass is 16.3. The molecule has 0 radical (unpaired) electrons. The first-order chi connectivity index (χ1) is 27.3. The van der Waals surface area contributed by atoms with Crippen LogP contribution in [0.3, 0.4) is 0 Å². The predicted octanol–water partition coefficient (Wildman–Crippen LogP) is 6.11. The summed E-state index contributed by atoms with van der Waals surface area (Å²) in [7, 11) is 0. The summed E-state index contributed by atoms with van der Waals surface area (Å²) in [6.45, 7) is 6.76. The van der Waals surface area contributed by atoms with Gasteiger partial charge in [-0.15, -0.1) is 0 Å². The van der Waals surface area contributed by atoms with Crippen molar-refractivity contribution in [3.05, 3.63) is 23.3 Å². The fourth-order valence-corrected chi connectivity index (χ4v) is 14.3. The van der Waals surface area contributed by atoms with Crippen LogP contribution in [0.15, 0.2) is 23.3 Å². The van der Waals surface area contributed by atoms with E-state index in [4.69, 9.17) is 0 Å². The molecule has 8 saturated carbocycles. The lowest BCUT2D eigenvalue weighted by Crippen LogP contribution is -2.62. The molecule has 0 saturated heterocycles. The van der Waals surface area contributed by atoms with Gasteiger partial charge in [-0.1, -0.05) is 77.4 Å². The van der Waals surface area contributed by atoms with Crippen molar-refractivity contribution in [2.75, 3.05) is 13.2 Å². The van der Waals surface area contributed by atoms with E-state index in [2.05, 4.69) is 13.8 Å². The van der Waals surface area contributed by atoms with Crippen LogP contribution in [0.25, 0.3) is 0 Å². The maximum atomic E-state index is 13.3. The fraction of sp³-hybridized carbons (Fsp3) is 0.812. The number of aliphatic hydroxyl groups excluding tert-OH is 3. The van der Waals surface area contributed by atoms with Crippen LogP contribution in [0.2, 0.25) is 0 Å². The van der Waals surface area contributed by atoms with Gasteiger partial charge in [0.2, 0.25) is 0 Å². The zero-order chi connectivity index (χ0) is 42.1. The average molecular weight is 807 g/mol. The van der Waals surface area contributed by atoms with E-state index in [1.807, 2.05) is 13.8 Å². The molecular formula is C48H70O10. The zero-order valence-electron chi connectivity index (χ0n) is 35.5. The van der Waals surface area contributed by atoms with E-state index < -0.39 is 52.9 Å². The van der Waals surface area contributed by atoms with Crippen LogP contribution in [0.4, 0.5) is 0 Å². The quantitative estimate of drug-likeness (QED) is 0.222. The number of allylic oxidation sites excluding steroid dienone is 2. The first-order valence-corrected chi connectivity index (χ1v) is 22.8. The molecule has 0 aromatic carbocycles.